The third-order valence-corrected chi connectivity index (χ3v) is 5.92. The number of aromatic nitrogens is 3. The quantitative estimate of drug-likeness (QED) is 0.312. The summed E-state index contributed by atoms with van der Waals surface area (Å²) in [6.07, 6.45) is 6.21. The molecule has 3 aromatic heterocycles. The Morgan fingerprint density at radius 3 is 2.50 bits per heavy atom. The Morgan fingerprint density at radius 2 is 1.77 bits per heavy atom. The molecular weight excluding hydrogens is 400 g/mol. The van der Waals surface area contributed by atoms with E-state index in [1.165, 1.54) is 28.6 Å². The van der Waals surface area contributed by atoms with Crippen LogP contribution in [0.25, 0.3) is 16.0 Å². The van der Waals surface area contributed by atoms with E-state index in [2.05, 4.69) is 15.0 Å². The average Bonchev–Trinajstić information content (AvgIpc) is 3.33. The molecule has 0 spiro atoms. The van der Waals surface area contributed by atoms with Crippen molar-refractivity contribution in [3.8, 4) is 0 Å². The number of fused-ring (bicyclic) bond motifs is 1. The maximum atomic E-state index is 13.1. The van der Waals surface area contributed by atoms with Crippen LogP contribution in [-0.2, 0) is 9.59 Å². The van der Waals surface area contributed by atoms with E-state index in [4.69, 9.17) is 0 Å². The van der Waals surface area contributed by atoms with Gasteiger partial charge in [-0.2, -0.15) is 0 Å². The van der Waals surface area contributed by atoms with Gasteiger partial charge in [0.15, 0.2) is 5.13 Å². The number of carbonyl (C=O) groups excluding carboxylic acids is 2. The number of para-hydroxylation sites is 1. The molecule has 0 radical (unpaired) electrons. The molecule has 1 aliphatic heterocycles. The fourth-order valence-electron chi connectivity index (χ4n) is 3.51. The first kappa shape index (κ1) is 18.1. The summed E-state index contributed by atoms with van der Waals surface area (Å²) in [6, 6.07) is 13.3. The first-order valence-corrected chi connectivity index (χ1v) is 9.93. The number of benzene rings is 1. The van der Waals surface area contributed by atoms with E-state index in [0.29, 0.717) is 16.3 Å². The van der Waals surface area contributed by atoms with Crippen LogP contribution in [0, 0.1) is 0 Å². The van der Waals surface area contributed by atoms with Gasteiger partial charge >= 0.3 is 5.91 Å². The highest BCUT2D eigenvalue weighted by atomic mass is 32.1. The molecule has 0 aliphatic carbocycles. The molecule has 1 fully saturated rings. The normalized spacial score (nSPS) is 18.3. The number of hydrogen-bond acceptors (Lipinski definition) is 7. The number of aliphatic hydroxyl groups is 1. The Kier molecular flexibility index (Phi) is 4.33. The van der Waals surface area contributed by atoms with Crippen molar-refractivity contribution in [2.75, 3.05) is 4.90 Å². The molecule has 8 heteroatoms. The van der Waals surface area contributed by atoms with Gasteiger partial charge in [-0.15, -0.1) is 0 Å². The van der Waals surface area contributed by atoms with Gasteiger partial charge in [0, 0.05) is 30.4 Å². The fraction of sp³-hybridized carbons (Fsp3) is 0.0455. The summed E-state index contributed by atoms with van der Waals surface area (Å²) in [5, 5.41) is 11.3. The largest absolute Gasteiger partial charge is 0.507 e. The first-order chi connectivity index (χ1) is 14.6. The number of ketones is 1. The molecule has 0 saturated carbocycles. The highest BCUT2D eigenvalue weighted by molar-refractivity contribution is 7.22. The summed E-state index contributed by atoms with van der Waals surface area (Å²) in [5.74, 6) is -1.76. The highest BCUT2D eigenvalue weighted by Crippen LogP contribution is 2.43. The number of nitrogens with zero attached hydrogens (tertiary/aromatic N) is 4. The minimum atomic E-state index is -0.840. The fourth-order valence-corrected chi connectivity index (χ4v) is 4.50. The molecule has 146 valence electrons. The van der Waals surface area contributed by atoms with Gasteiger partial charge in [0.1, 0.15) is 5.76 Å². The molecule has 4 aromatic rings. The molecule has 1 unspecified atom stereocenters. The van der Waals surface area contributed by atoms with Crippen LogP contribution in [0.1, 0.15) is 17.2 Å². The summed E-state index contributed by atoms with van der Waals surface area (Å²) >= 11 is 1.32. The Balaban J connectivity index is 1.74. The minimum Gasteiger partial charge on any atom is -0.507 e. The van der Waals surface area contributed by atoms with Gasteiger partial charge in [-0.25, -0.2) is 4.98 Å². The van der Waals surface area contributed by atoms with Gasteiger partial charge < -0.3 is 5.11 Å². The number of hydrogen-bond donors (Lipinski definition) is 1. The third-order valence-electron chi connectivity index (χ3n) is 4.89. The molecule has 7 nitrogen and oxygen atoms in total. The molecule has 1 saturated heterocycles. The number of amides is 1. The number of thiazole rings is 1. The smallest absolute Gasteiger partial charge is 0.301 e. The van der Waals surface area contributed by atoms with Crippen molar-refractivity contribution < 1.29 is 14.7 Å². The van der Waals surface area contributed by atoms with Crippen LogP contribution in [0.2, 0.25) is 0 Å². The predicted molar refractivity (Wildman–Crippen MR) is 113 cm³/mol. The second kappa shape index (κ2) is 7.16. The van der Waals surface area contributed by atoms with Crippen molar-refractivity contribution >= 4 is 44.1 Å². The van der Waals surface area contributed by atoms with Crippen molar-refractivity contribution in [1.29, 1.82) is 0 Å². The SMILES string of the molecule is O=C1C(=O)N(c2nc3ccccc3s2)C(c2cccnc2)/C1=C(\O)c1ccncc1. The van der Waals surface area contributed by atoms with E-state index in [9.17, 15) is 14.7 Å². The van der Waals surface area contributed by atoms with Crippen molar-refractivity contribution in [2.45, 2.75) is 6.04 Å². The maximum absolute atomic E-state index is 13.1. The van der Waals surface area contributed by atoms with E-state index < -0.39 is 17.7 Å². The lowest BCUT2D eigenvalue weighted by molar-refractivity contribution is -0.132. The lowest BCUT2D eigenvalue weighted by atomic mass is 9.97. The lowest BCUT2D eigenvalue weighted by Crippen LogP contribution is -2.29. The second-order valence-electron chi connectivity index (χ2n) is 6.66. The van der Waals surface area contributed by atoms with Crippen molar-refractivity contribution in [2.24, 2.45) is 0 Å². The van der Waals surface area contributed by atoms with Crippen LogP contribution in [0.3, 0.4) is 0 Å². The molecule has 4 heterocycles. The van der Waals surface area contributed by atoms with Crippen LogP contribution >= 0.6 is 11.3 Å². The van der Waals surface area contributed by atoms with Crippen molar-refractivity contribution in [3.63, 3.8) is 0 Å². The number of Topliss-reactive ketones (excluding diaryl/α,β-unsaturated/α-hetero) is 1. The molecular formula is C22H14N4O3S. The van der Waals surface area contributed by atoms with Crippen LogP contribution in [-0.4, -0.2) is 31.7 Å². The van der Waals surface area contributed by atoms with E-state index >= 15 is 0 Å². The maximum Gasteiger partial charge on any atom is 0.301 e. The average molecular weight is 414 g/mol. The lowest BCUT2D eigenvalue weighted by Gasteiger charge is -2.22. The Labute approximate surface area is 175 Å². The molecule has 0 bridgehead atoms. The van der Waals surface area contributed by atoms with Crippen LogP contribution < -0.4 is 4.90 Å². The summed E-state index contributed by atoms with van der Waals surface area (Å²) in [6.45, 7) is 0. The van der Waals surface area contributed by atoms with Crippen LogP contribution in [0.5, 0.6) is 0 Å². The molecule has 1 atom stereocenters. The van der Waals surface area contributed by atoms with Gasteiger partial charge in [0.2, 0.25) is 0 Å². The Hall–Kier alpha value is -3.91. The molecule has 1 aliphatic rings. The number of rotatable bonds is 3. The number of anilines is 1. The topological polar surface area (TPSA) is 96.3 Å². The molecule has 1 amide bonds. The number of aliphatic hydroxyl groups excluding tert-OH is 1. The zero-order valence-corrected chi connectivity index (χ0v) is 16.3. The third kappa shape index (κ3) is 2.85. The molecule has 1 N–H and O–H groups in total. The van der Waals surface area contributed by atoms with Gasteiger partial charge in [-0.3, -0.25) is 24.5 Å². The minimum absolute atomic E-state index is 0.00143. The molecule has 30 heavy (non-hydrogen) atoms. The summed E-state index contributed by atoms with van der Waals surface area (Å²) in [4.78, 5) is 40.1. The van der Waals surface area contributed by atoms with Crippen molar-refractivity contribution in [1.82, 2.24) is 15.0 Å². The van der Waals surface area contributed by atoms with Gasteiger partial charge in [0.05, 0.1) is 21.8 Å². The van der Waals surface area contributed by atoms with Crippen LogP contribution in [0.15, 0.2) is 78.9 Å². The Morgan fingerprint density at radius 1 is 0.967 bits per heavy atom. The van der Waals surface area contributed by atoms with E-state index in [1.807, 2.05) is 24.3 Å². The van der Waals surface area contributed by atoms with Crippen molar-refractivity contribution in [3.05, 3.63) is 90.0 Å². The van der Waals surface area contributed by atoms with Gasteiger partial charge in [-0.1, -0.05) is 29.5 Å². The standard InChI is InChI=1S/C22H14N4O3S/c27-19(13-7-10-23-11-8-13)17-18(14-4-3-9-24-12-14)26(21(29)20(17)28)22-25-15-5-1-2-6-16(15)30-22/h1-12,18,27H/b19-17+. The Bertz CT molecular complexity index is 1270. The first-order valence-electron chi connectivity index (χ1n) is 9.12. The predicted octanol–water partition coefficient (Wildman–Crippen LogP) is 3.71. The monoisotopic (exact) mass is 414 g/mol. The van der Waals surface area contributed by atoms with Gasteiger partial charge in [0.25, 0.3) is 5.78 Å². The van der Waals surface area contributed by atoms with E-state index in [-0.39, 0.29) is 11.3 Å². The second-order valence-corrected chi connectivity index (χ2v) is 7.66. The molecule has 5 rings (SSSR count). The zero-order chi connectivity index (χ0) is 20.7. The van der Waals surface area contributed by atoms with E-state index in [0.717, 1.165) is 10.2 Å². The summed E-state index contributed by atoms with van der Waals surface area (Å²) in [7, 11) is 0. The summed E-state index contributed by atoms with van der Waals surface area (Å²) < 4.78 is 0.897. The van der Waals surface area contributed by atoms with Crippen LogP contribution in [0.4, 0.5) is 5.13 Å². The number of carbonyl (C=O) groups is 2. The zero-order valence-electron chi connectivity index (χ0n) is 15.5. The van der Waals surface area contributed by atoms with E-state index in [1.54, 1.807) is 36.7 Å². The number of pyridine rings is 2. The highest BCUT2D eigenvalue weighted by Gasteiger charge is 2.48. The van der Waals surface area contributed by atoms with Gasteiger partial charge in [-0.05, 0) is 35.9 Å². The summed E-state index contributed by atoms with van der Waals surface area (Å²) in [5.41, 5.74) is 1.74. The molecule has 1 aromatic carbocycles.